The van der Waals surface area contributed by atoms with E-state index in [0.29, 0.717) is 29.4 Å². The molecule has 1 amide bonds. The summed E-state index contributed by atoms with van der Waals surface area (Å²) in [4.78, 5) is 23.3. The fourth-order valence-electron chi connectivity index (χ4n) is 2.51. The Bertz CT molecular complexity index is 964. The number of amidine groups is 1. The van der Waals surface area contributed by atoms with Crippen molar-refractivity contribution in [1.29, 1.82) is 5.41 Å². The first kappa shape index (κ1) is 18.9. The van der Waals surface area contributed by atoms with E-state index in [9.17, 15) is 9.18 Å². The van der Waals surface area contributed by atoms with Gasteiger partial charge in [0.15, 0.2) is 0 Å². The number of carbonyl (C=O) groups excluding carboxylic acids is 1. The van der Waals surface area contributed by atoms with Crippen LogP contribution in [0.25, 0.3) is 0 Å². The molecule has 0 aliphatic heterocycles. The van der Waals surface area contributed by atoms with Crippen LogP contribution in [0.3, 0.4) is 0 Å². The first-order valence-electron chi connectivity index (χ1n) is 8.41. The molecular weight excluding hydrogens is 361 g/mol. The monoisotopic (exact) mass is 379 g/mol. The van der Waals surface area contributed by atoms with Crippen molar-refractivity contribution in [2.75, 3.05) is 10.6 Å². The Kier molecular flexibility index (Phi) is 5.85. The van der Waals surface area contributed by atoms with Crippen LogP contribution in [-0.4, -0.2) is 27.2 Å². The lowest BCUT2D eigenvalue weighted by Gasteiger charge is -2.17. The number of rotatable bonds is 7. The van der Waals surface area contributed by atoms with Crippen LogP contribution in [-0.2, 0) is 4.79 Å². The van der Waals surface area contributed by atoms with E-state index in [1.165, 1.54) is 24.5 Å². The zero-order valence-corrected chi connectivity index (χ0v) is 15.0. The highest BCUT2D eigenvalue weighted by Crippen LogP contribution is 2.22. The van der Waals surface area contributed by atoms with E-state index in [-0.39, 0.29) is 17.7 Å². The predicted molar refractivity (Wildman–Crippen MR) is 104 cm³/mol. The average molecular weight is 379 g/mol. The molecule has 3 rings (SSSR count). The van der Waals surface area contributed by atoms with Crippen molar-refractivity contribution in [2.45, 2.75) is 13.0 Å². The van der Waals surface area contributed by atoms with Crippen molar-refractivity contribution < 1.29 is 9.18 Å². The third kappa shape index (κ3) is 4.85. The maximum absolute atomic E-state index is 13.1. The maximum atomic E-state index is 13.1. The molecule has 0 unspecified atom stereocenters. The molecule has 1 atom stereocenters. The van der Waals surface area contributed by atoms with Crippen molar-refractivity contribution in [2.24, 2.45) is 0 Å². The zero-order chi connectivity index (χ0) is 19.9. The number of hydrogen-bond acceptors (Lipinski definition) is 7. The van der Waals surface area contributed by atoms with Crippen LogP contribution in [0, 0.1) is 11.2 Å². The molecule has 28 heavy (non-hydrogen) atoms. The van der Waals surface area contributed by atoms with E-state index >= 15 is 0 Å². The minimum Gasteiger partial charge on any atom is -0.363 e. The Labute approximate surface area is 160 Å². The summed E-state index contributed by atoms with van der Waals surface area (Å²) in [6.07, 6.45) is 5.07. The van der Waals surface area contributed by atoms with E-state index in [4.69, 9.17) is 5.41 Å². The summed E-state index contributed by atoms with van der Waals surface area (Å²) in [6, 6.07) is 9.24. The summed E-state index contributed by atoms with van der Waals surface area (Å²) >= 11 is 0. The van der Waals surface area contributed by atoms with Gasteiger partial charge >= 0.3 is 0 Å². The molecule has 0 spiro atoms. The van der Waals surface area contributed by atoms with Gasteiger partial charge in [0.25, 0.3) is 0 Å². The number of nitrogens with one attached hydrogen (secondary N) is 4. The maximum Gasteiger partial charge on any atom is 0.212 e. The van der Waals surface area contributed by atoms with Crippen LogP contribution in [0.1, 0.15) is 24.1 Å². The second kappa shape index (κ2) is 8.67. The third-order valence-corrected chi connectivity index (χ3v) is 3.87. The van der Waals surface area contributed by atoms with Gasteiger partial charge in [-0.25, -0.2) is 14.4 Å². The Morgan fingerprint density at radius 2 is 1.89 bits per heavy atom. The number of aromatic nitrogens is 3. The minimum absolute atomic E-state index is 0.0721. The normalized spacial score (nSPS) is 11.4. The molecule has 0 saturated carbocycles. The van der Waals surface area contributed by atoms with E-state index < -0.39 is 0 Å². The van der Waals surface area contributed by atoms with Crippen molar-refractivity contribution in [3.8, 4) is 0 Å². The van der Waals surface area contributed by atoms with Gasteiger partial charge < -0.3 is 16.0 Å². The van der Waals surface area contributed by atoms with Crippen LogP contribution in [0.2, 0.25) is 0 Å². The lowest BCUT2D eigenvalue weighted by molar-refractivity contribution is -0.108. The fourth-order valence-corrected chi connectivity index (χ4v) is 2.51. The van der Waals surface area contributed by atoms with Crippen LogP contribution in [0.5, 0.6) is 0 Å². The van der Waals surface area contributed by atoms with Crippen molar-refractivity contribution in [3.63, 3.8) is 0 Å². The molecule has 0 aliphatic carbocycles. The van der Waals surface area contributed by atoms with Crippen LogP contribution < -0.4 is 16.0 Å². The van der Waals surface area contributed by atoms with Crippen LogP contribution in [0.4, 0.5) is 21.8 Å². The van der Waals surface area contributed by atoms with Crippen molar-refractivity contribution in [3.05, 3.63) is 71.9 Å². The number of halogens is 1. The topological polar surface area (TPSA) is 116 Å². The number of pyridine rings is 1. The molecule has 0 saturated heterocycles. The number of anilines is 3. The van der Waals surface area contributed by atoms with Gasteiger partial charge in [0.1, 0.15) is 29.1 Å². The molecule has 4 N–H and O–H groups in total. The Morgan fingerprint density at radius 3 is 2.57 bits per heavy atom. The largest absolute Gasteiger partial charge is 0.363 e. The highest BCUT2D eigenvalue weighted by Gasteiger charge is 2.11. The van der Waals surface area contributed by atoms with Gasteiger partial charge in [0, 0.05) is 24.0 Å². The Morgan fingerprint density at radius 1 is 1.14 bits per heavy atom. The van der Waals surface area contributed by atoms with Crippen LogP contribution >= 0.6 is 0 Å². The van der Waals surface area contributed by atoms with Gasteiger partial charge in [0.2, 0.25) is 6.41 Å². The molecule has 0 radical (unpaired) electrons. The summed E-state index contributed by atoms with van der Waals surface area (Å²) in [5, 5.41) is 16.5. The van der Waals surface area contributed by atoms with E-state index in [1.54, 1.807) is 30.5 Å². The highest BCUT2D eigenvalue weighted by molar-refractivity contribution is 6.02. The third-order valence-electron chi connectivity index (χ3n) is 3.87. The second-order valence-electron chi connectivity index (χ2n) is 5.90. The summed E-state index contributed by atoms with van der Waals surface area (Å²) in [6.45, 7) is 1.91. The molecule has 2 heterocycles. The van der Waals surface area contributed by atoms with Gasteiger partial charge in [0.05, 0.1) is 6.20 Å². The van der Waals surface area contributed by atoms with Gasteiger partial charge in [-0.1, -0.05) is 12.1 Å². The van der Waals surface area contributed by atoms with E-state index in [2.05, 4.69) is 30.9 Å². The Balaban J connectivity index is 1.88. The molecule has 0 aliphatic rings. The second-order valence-corrected chi connectivity index (χ2v) is 5.90. The summed E-state index contributed by atoms with van der Waals surface area (Å²) in [5.41, 5.74) is 1.32. The molecule has 9 heteroatoms. The first-order chi connectivity index (χ1) is 13.5. The van der Waals surface area contributed by atoms with Gasteiger partial charge in [-0.15, -0.1) is 0 Å². The quantitative estimate of drug-likeness (QED) is 0.285. The molecule has 0 fully saturated rings. The molecule has 0 bridgehead atoms. The fraction of sp³-hybridized carbons (Fsp3) is 0.105. The number of hydrogen-bond donors (Lipinski definition) is 4. The first-order valence-corrected chi connectivity index (χ1v) is 8.41. The molecule has 142 valence electrons. The smallest absolute Gasteiger partial charge is 0.212 e. The predicted octanol–water partition coefficient (Wildman–Crippen LogP) is 3.00. The number of benzene rings is 1. The minimum atomic E-state index is -0.306. The summed E-state index contributed by atoms with van der Waals surface area (Å²) in [5.74, 6) is 0.999. The molecule has 2 aromatic heterocycles. The molecule has 3 aromatic rings. The highest BCUT2D eigenvalue weighted by atomic mass is 19.1. The van der Waals surface area contributed by atoms with Crippen LogP contribution in [0.15, 0.2) is 55.0 Å². The molecule has 8 nitrogen and oxygen atoms in total. The summed E-state index contributed by atoms with van der Waals surface area (Å²) < 4.78 is 13.1. The summed E-state index contributed by atoms with van der Waals surface area (Å²) in [7, 11) is 0. The Hall–Kier alpha value is -3.88. The molecule has 1 aromatic carbocycles. The molecular formula is C19H18FN7O. The van der Waals surface area contributed by atoms with Gasteiger partial charge in [-0.2, -0.15) is 0 Å². The van der Waals surface area contributed by atoms with Crippen molar-refractivity contribution in [1.82, 2.24) is 20.3 Å². The number of amides is 1. The van der Waals surface area contributed by atoms with Gasteiger partial charge in [-0.05, 0) is 36.8 Å². The number of nitrogens with zero attached hydrogens (tertiary/aromatic N) is 3. The average Bonchev–Trinajstić information content (AvgIpc) is 2.69. The van der Waals surface area contributed by atoms with Gasteiger partial charge in [-0.3, -0.25) is 15.2 Å². The van der Waals surface area contributed by atoms with E-state index in [0.717, 1.165) is 5.56 Å². The SMILES string of the molecule is C[C@H](Nc1cc(C(=N)NC=O)cc(Nc2cnccn2)n1)c1ccc(F)cc1. The zero-order valence-electron chi connectivity index (χ0n) is 15.0. The van der Waals surface area contributed by atoms with Crippen molar-refractivity contribution >= 4 is 29.7 Å². The van der Waals surface area contributed by atoms with E-state index in [1.807, 2.05) is 6.92 Å². The number of carbonyl (C=O) groups is 1. The lowest BCUT2D eigenvalue weighted by Crippen LogP contribution is -2.22. The lowest BCUT2D eigenvalue weighted by atomic mass is 10.1. The standard InChI is InChI=1S/C19H18FN7O/c1-12(13-2-4-15(20)5-3-13)25-16-8-14(19(21)24-11-28)9-17(26-16)27-18-10-22-6-7-23-18/h2-12H,1H3,(H2,21,24,28)(H2,23,25,26,27)/t12-/m0/s1.